The van der Waals surface area contributed by atoms with Gasteiger partial charge in [-0.05, 0) is 42.5 Å². The van der Waals surface area contributed by atoms with Crippen molar-refractivity contribution in [3.8, 4) is 0 Å². The van der Waals surface area contributed by atoms with Crippen LogP contribution in [0.5, 0.6) is 0 Å². The number of aliphatic carboxylic acids is 1. The summed E-state index contributed by atoms with van der Waals surface area (Å²) in [6.45, 7) is 4.58. The largest absolute Gasteiger partial charge is 0.478 e. The van der Waals surface area contributed by atoms with E-state index >= 15 is 0 Å². The average Bonchev–Trinajstić information content (AvgIpc) is 2.41. The van der Waals surface area contributed by atoms with Crippen LogP contribution in [0.3, 0.4) is 0 Å². The first-order valence-corrected chi connectivity index (χ1v) is 8.30. The minimum atomic E-state index is -3.55. The molecule has 1 aromatic rings. The maximum Gasteiger partial charge on any atom is 0.328 e. The van der Waals surface area contributed by atoms with E-state index in [0.29, 0.717) is 18.0 Å². The molecule has 0 amide bonds. The molecule has 5 nitrogen and oxygen atoms in total. The Kier molecular flexibility index (Phi) is 6.58. The smallest absolute Gasteiger partial charge is 0.328 e. The van der Waals surface area contributed by atoms with E-state index < -0.39 is 16.0 Å². The summed E-state index contributed by atoms with van der Waals surface area (Å²) in [5.41, 5.74) is 0.530. The Morgan fingerprint density at radius 1 is 1.38 bits per heavy atom. The molecule has 0 saturated heterocycles. The topological polar surface area (TPSA) is 83.5 Å². The molecule has 116 valence electrons. The zero-order chi connectivity index (χ0) is 15.9. The summed E-state index contributed by atoms with van der Waals surface area (Å²) in [6, 6.07) is 6.18. The fraction of sp³-hybridized carbons (Fsp3) is 0.400. The van der Waals surface area contributed by atoms with Crippen molar-refractivity contribution in [1.82, 2.24) is 4.72 Å². The molecule has 0 atom stereocenters. The minimum absolute atomic E-state index is 0.139. The SMILES string of the molecule is CC(C)CCCNS(=O)(=O)c1cccc(C=CC(=O)O)c1. The van der Waals surface area contributed by atoms with E-state index in [1.165, 1.54) is 18.2 Å². The highest BCUT2D eigenvalue weighted by Crippen LogP contribution is 2.13. The number of carboxylic acid groups (broad SMARTS) is 1. The van der Waals surface area contributed by atoms with Crippen molar-refractivity contribution in [1.29, 1.82) is 0 Å². The monoisotopic (exact) mass is 311 g/mol. The molecule has 0 fully saturated rings. The van der Waals surface area contributed by atoms with Gasteiger partial charge < -0.3 is 5.11 Å². The van der Waals surface area contributed by atoms with Gasteiger partial charge in [-0.2, -0.15) is 0 Å². The summed E-state index contributed by atoms with van der Waals surface area (Å²) in [4.78, 5) is 10.6. The molecule has 21 heavy (non-hydrogen) atoms. The van der Waals surface area contributed by atoms with Gasteiger partial charge in [-0.25, -0.2) is 17.9 Å². The van der Waals surface area contributed by atoms with Crippen LogP contribution >= 0.6 is 0 Å². The maximum atomic E-state index is 12.1. The van der Waals surface area contributed by atoms with Gasteiger partial charge in [-0.15, -0.1) is 0 Å². The molecule has 6 heteroatoms. The van der Waals surface area contributed by atoms with Crippen molar-refractivity contribution in [3.63, 3.8) is 0 Å². The van der Waals surface area contributed by atoms with Crippen LogP contribution in [0.15, 0.2) is 35.2 Å². The number of hydrogen-bond donors (Lipinski definition) is 2. The van der Waals surface area contributed by atoms with E-state index in [9.17, 15) is 13.2 Å². The zero-order valence-electron chi connectivity index (χ0n) is 12.2. The van der Waals surface area contributed by atoms with E-state index in [1.807, 2.05) is 0 Å². The predicted molar refractivity (Wildman–Crippen MR) is 82.4 cm³/mol. The molecular weight excluding hydrogens is 290 g/mol. The first kappa shape index (κ1) is 17.4. The van der Waals surface area contributed by atoms with Crippen LogP contribution in [-0.4, -0.2) is 26.0 Å². The molecule has 0 aliphatic heterocycles. The van der Waals surface area contributed by atoms with Crippen molar-refractivity contribution in [2.75, 3.05) is 6.54 Å². The lowest BCUT2D eigenvalue weighted by atomic mass is 10.1. The normalized spacial score (nSPS) is 12.1. The Hall–Kier alpha value is -1.66. The van der Waals surface area contributed by atoms with E-state index in [2.05, 4.69) is 18.6 Å². The quantitative estimate of drug-likeness (QED) is 0.571. The lowest BCUT2D eigenvalue weighted by Crippen LogP contribution is -2.25. The summed E-state index contributed by atoms with van der Waals surface area (Å²) in [6.07, 6.45) is 4.08. The van der Waals surface area contributed by atoms with Crippen LogP contribution in [0.25, 0.3) is 6.08 Å². The Bertz CT molecular complexity index is 606. The zero-order valence-corrected chi connectivity index (χ0v) is 13.1. The molecule has 0 unspecified atom stereocenters. The van der Waals surface area contributed by atoms with Gasteiger partial charge in [0.1, 0.15) is 0 Å². The van der Waals surface area contributed by atoms with Crippen LogP contribution in [0.4, 0.5) is 0 Å². The fourth-order valence-electron chi connectivity index (χ4n) is 1.75. The number of sulfonamides is 1. The molecule has 1 rings (SSSR count). The molecule has 2 N–H and O–H groups in total. The molecule has 0 aliphatic carbocycles. The molecule has 0 heterocycles. The second-order valence-corrected chi connectivity index (χ2v) is 6.94. The van der Waals surface area contributed by atoms with Gasteiger partial charge in [0.15, 0.2) is 0 Å². The molecular formula is C15H21NO4S. The second kappa shape index (κ2) is 7.95. The number of carbonyl (C=O) groups is 1. The van der Waals surface area contributed by atoms with Gasteiger partial charge in [0, 0.05) is 12.6 Å². The summed E-state index contributed by atoms with van der Waals surface area (Å²) >= 11 is 0. The predicted octanol–water partition coefficient (Wildman–Crippen LogP) is 2.50. The molecule has 0 saturated carbocycles. The minimum Gasteiger partial charge on any atom is -0.478 e. The van der Waals surface area contributed by atoms with Crippen molar-refractivity contribution < 1.29 is 18.3 Å². The van der Waals surface area contributed by atoms with Crippen molar-refractivity contribution in [3.05, 3.63) is 35.9 Å². The van der Waals surface area contributed by atoms with Crippen LogP contribution in [0.1, 0.15) is 32.3 Å². The standard InChI is InChI=1S/C15H21NO4S/c1-12(2)5-4-10-16-21(19,20)14-7-3-6-13(11-14)8-9-15(17)18/h3,6-9,11-12,16H,4-5,10H2,1-2H3,(H,17,18). The fourth-order valence-corrected chi connectivity index (χ4v) is 2.88. The highest BCUT2D eigenvalue weighted by Gasteiger charge is 2.13. The van der Waals surface area contributed by atoms with Crippen LogP contribution < -0.4 is 4.72 Å². The summed E-state index contributed by atoms with van der Waals surface area (Å²) < 4.78 is 26.8. The molecule has 0 spiro atoms. The molecule has 0 aromatic heterocycles. The number of benzene rings is 1. The third-order valence-corrected chi connectivity index (χ3v) is 4.30. The van der Waals surface area contributed by atoms with Crippen molar-refractivity contribution in [2.45, 2.75) is 31.6 Å². The van der Waals surface area contributed by atoms with Gasteiger partial charge in [0.05, 0.1) is 4.90 Å². The molecule has 1 aromatic carbocycles. The van der Waals surface area contributed by atoms with Gasteiger partial charge in [0.2, 0.25) is 10.0 Å². The Morgan fingerprint density at radius 3 is 2.71 bits per heavy atom. The third kappa shape index (κ3) is 6.55. The van der Waals surface area contributed by atoms with E-state index in [0.717, 1.165) is 18.9 Å². The third-order valence-electron chi connectivity index (χ3n) is 2.84. The second-order valence-electron chi connectivity index (χ2n) is 5.18. The van der Waals surface area contributed by atoms with Gasteiger partial charge in [0.25, 0.3) is 0 Å². The number of carboxylic acids is 1. The van der Waals surface area contributed by atoms with E-state index in [-0.39, 0.29) is 4.90 Å². The molecule has 0 radical (unpaired) electrons. The van der Waals surface area contributed by atoms with Gasteiger partial charge in [-0.3, -0.25) is 0 Å². The number of nitrogens with one attached hydrogen (secondary N) is 1. The Morgan fingerprint density at radius 2 is 2.10 bits per heavy atom. The average molecular weight is 311 g/mol. The Balaban J connectivity index is 2.74. The summed E-state index contributed by atoms with van der Waals surface area (Å²) in [5.74, 6) is -0.533. The van der Waals surface area contributed by atoms with E-state index in [1.54, 1.807) is 12.1 Å². The summed E-state index contributed by atoms with van der Waals surface area (Å²) in [5, 5.41) is 8.57. The van der Waals surface area contributed by atoms with Crippen molar-refractivity contribution >= 4 is 22.1 Å². The van der Waals surface area contributed by atoms with Crippen LogP contribution in [-0.2, 0) is 14.8 Å². The number of rotatable bonds is 8. The molecule has 0 aliphatic rings. The van der Waals surface area contributed by atoms with Crippen LogP contribution in [0.2, 0.25) is 0 Å². The summed E-state index contributed by atoms with van der Waals surface area (Å²) in [7, 11) is -3.55. The number of hydrogen-bond acceptors (Lipinski definition) is 3. The lowest BCUT2D eigenvalue weighted by molar-refractivity contribution is -0.131. The maximum absolute atomic E-state index is 12.1. The van der Waals surface area contributed by atoms with Crippen molar-refractivity contribution in [2.24, 2.45) is 5.92 Å². The highest BCUT2D eigenvalue weighted by molar-refractivity contribution is 7.89. The highest BCUT2D eigenvalue weighted by atomic mass is 32.2. The first-order valence-electron chi connectivity index (χ1n) is 6.82. The van der Waals surface area contributed by atoms with Gasteiger partial charge >= 0.3 is 5.97 Å². The van der Waals surface area contributed by atoms with Crippen LogP contribution in [0, 0.1) is 5.92 Å². The van der Waals surface area contributed by atoms with E-state index in [4.69, 9.17) is 5.11 Å². The molecule has 0 bridgehead atoms. The first-order chi connectivity index (χ1) is 9.81. The lowest BCUT2D eigenvalue weighted by Gasteiger charge is -2.08. The Labute approximate surface area is 125 Å². The van der Waals surface area contributed by atoms with Gasteiger partial charge in [-0.1, -0.05) is 26.0 Å².